The molecular formula is C14H10BrFO3. The van der Waals surface area contributed by atoms with Gasteiger partial charge < -0.3 is 14.6 Å². The van der Waals surface area contributed by atoms with E-state index in [0.717, 1.165) is 0 Å². The first-order valence-corrected chi connectivity index (χ1v) is 6.47. The predicted molar refractivity (Wildman–Crippen MR) is 70.7 cm³/mol. The Balaban J connectivity index is 1.99. The van der Waals surface area contributed by atoms with Crippen LogP contribution in [0.25, 0.3) is 0 Å². The first kappa shape index (κ1) is 12.4. The number of ether oxygens (including phenoxy) is 2. The highest BCUT2D eigenvalue weighted by molar-refractivity contribution is 9.10. The van der Waals surface area contributed by atoms with Crippen LogP contribution in [-0.4, -0.2) is 11.9 Å². The number of hydrogen-bond donors (Lipinski definition) is 1. The van der Waals surface area contributed by atoms with E-state index in [0.29, 0.717) is 27.1 Å². The third-order valence-electron chi connectivity index (χ3n) is 2.97. The predicted octanol–water partition coefficient (Wildman–Crippen LogP) is 3.40. The van der Waals surface area contributed by atoms with E-state index in [1.165, 1.54) is 12.1 Å². The molecule has 2 aromatic carbocycles. The maximum atomic E-state index is 12.9. The summed E-state index contributed by atoms with van der Waals surface area (Å²) in [4.78, 5) is 0. The number of rotatable bonds is 2. The minimum Gasteiger partial charge on any atom is -0.454 e. The van der Waals surface area contributed by atoms with Crippen LogP contribution in [0.15, 0.2) is 40.9 Å². The summed E-state index contributed by atoms with van der Waals surface area (Å²) < 4.78 is 24.1. The fourth-order valence-corrected chi connectivity index (χ4v) is 2.51. The molecule has 1 aliphatic rings. The lowest BCUT2D eigenvalue weighted by Crippen LogP contribution is -2.01. The largest absolute Gasteiger partial charge is 0.454 e. The van der Waals surface area contributed by atoms with Gasteiger partial charge in [-0.15, -0.1) is 0 Å². The van der Waals surface area contributed by atoms with Gasteiger partial charge in [-0.1, -0.05) is 28.1 Å². The van der Waals surface area contributed by atoms with Gasteiger partial charge in [-0.2, -0.15) is 0 Å². The Kier molecular flexibility index (Phi) is 3.16. The molecule has 0 aromatic heterocycles. The molecule has 1 heterocycles. The zero-order chi connectivity index (χ0) is 13.4. The Hall–Kier alpha value is -1.59. The molecule has 3 rings (SSSR count). The topological polar surface area (TPSA) is 38.7 Å². The number of benzene rings is 2. The van der Waals surface area contributed by atoms with Crippen molar-refractivity contribution in [3.05, 3.63) is 57.8 Å². The van der Waals surface area contributed by atoms with Gasteiger partial charge >= 0.3 is 0 Å². The molecule has 0 aliphatic carbocycles. The van der Waals surface area contributed by atoms with Gasteiger partial charge in [0.25, 0.3) is 0 Å². The van der Waals surface area contributed by atoms with E-state index < -0.39 is 6.10 Å². The summed E-state index contributed by atoms with van der Waals surface area (Å²) in [5.74, 6) is 0.905. The summed E-state index contributed by atoms with van der Waals surface area (Å²) in [6, 6.07) is 9.22. The van der Waals surface area contributed by atoms with Gasteiger partial charge in [-0.3, -0.25) is 0 Å². The second-order valence-electron chi connectivity index (χ2n) is 4.18. The van der Waals surface area contributed by atoms with Crippen molar-refractivity contribution in [2.45, 2.75) is 6.10 Å². The van der Waals surface area contributed by atoms with E-state index in [1.807, 2.05) is 0 Å². The second-order valence-corrected chi connectivity index (χ2v) is 5.04. The highest BCUT2D eigenvalue weighted by Gasteiger charge is 2.21. The van der Waals surface area contributed by atoms with Crippen molar-refractivity contribution in [3.8, 4) is 11.5 Å². The fraction of sp³-hybridized carbons (Fsp3) is 0.143. The standard InChI is InChI=1S/C14H10BrFO3/c15-11-6-13-12(18-7-19-13)5-10(11)14(17)8-1-3-9(16)4-2-8/h1-6,14,17H,7H2/t14-/m0/s1. The van der Waals surface area contributed by atoms with Crippen molar-refractivity contribution >= 4 is 15.9 Å². The monoisotopic (exact) mass is 324 g/mol. The molecule has 0 unspecified atom stereocenters. The molecule has 1 atom stereocenters. The smallest absolute Gasteiger partial charge is 0.231 e. The van der Waals surface area contributed by atoms with Crippen LogP contribution in [0.4, 0.5) is 4.39 Å². The molecule has 0 radical (unpaired) electrons. The summed E-state index contributed by atoms with van der Waals surface area (Å²) >= 11 is 3.39. The zero-order valence-corrected chi connectivity index (χ0v) is 11.4. The molecule has 0 fully saturated rings. The van der Waals surface area contributed by atoms with E-state index in [2.05, 4.69) is 15.9 Å². The van der Waals surface area contributed by atoms with E-state index in [9.17, 15) is 9.50 Å². The molecule has 0 saturated carbocycles. The van der Waals surface area contributed by atoms with Crippen LogP contribution in [0.2, 0.25) is 0 Å². The van der Waals surface area contributed by atoms with Crippen LogP contribution in [0.3, 0.4) is 0 Å². The van der Waals surface area contributed by atoms with Gasteiger partial charge in [-0.25, -0.2) is 4.39 Å². The highest BCUT2D eigenvalue weighted by atomic mass is 79.9. The fourth-order valence-electron chi connectivity index (χ4n) is 1.97. The maximum Gasteiger partial charge on any atom is 0.231 e. The molecule has 19 heavy (non-hydrogen) atoms. The number of aliphatic hydroxyl groups is 1. The lowest BCUT2D eigenvalue weighted by molar-refractivity contribution is 0.173. The van der Waals surface area contributed by atoms with Crippen LogP contribution in [0.5, 0.6) is 11.5 Å². The minimum absolute atomic E-state index is 0.178. The van der Waals surface area contributed by atoms with E-state index in [1.54, 1.807) is 24.3 Å². The lowest BCUT2D eigenvalue weighted by atomic mass is 10.0. The summed E-state index contributed by atoms with van der Waals surface area (Å²) in [6.45, 7) is 0.178. The molecule has 1 aliphatic heterocycles. The van der Waals surface area contributed by atoms with Crippen molar-refractivity contribution in [1.29, 1.82) is 0 Å². The van der Waals surface area contributed by atoms with Gasteiger partial charge in [0.1, 0.15) is 11.9 Å². The van der Waals surface area contributed by atoms with Crippen LogP contribution >= 0.6 is 15.9 Å². The molecule has 0 saturated heterocycles. The SMILES string of the molecule is O[C@@H](c1ccc(F)cc1)c1cc2c(cc1Br)OCO2. The van der Waals surface area contributed by atoms with E-state index >= 15 is 0 Å². The molecule has 98 valence electrons. The Labute approximate surface area is 117 Å². The van der Waals surface area contributed by atoms with Crippen LogP contribution in [-0.2, 0) is 0 Å². The summed E-state index contributed by atoms with van der Waals surface area (Å²) in [7, 11) is 0. The van der Waals surface area contributed by atoms with Crippen LogP contribution in [0, 0.1) is 5.82 Å². The van der Waals surface area contributed by atoms with Gasteiger partial charge in [-0.05, 0) is 29.8 Å². The zero-order valence-electron chi connectivity index (χ0n) is 9.77. The molecule has 5 heteroatoms. The quantitative estimate of drug-likeness (QED) is 0.920. The average molecular weight is 325 g/mol. The average Bonchev–Trinajstić information content (AvgIpc) is 2.85. The second kappa shape index (κ2) is 4.83. The van der Waals surface area contributed by atoms with Crippen molar-refractivity contribution in [3.63, 3.8) is 0 Å². The van der Waals surface area contributed by atoms with Crippen LogP contribution in [0.1, 0.15) is 17.2 Å². The first-order chi connectivity index (χ1) is 9.15. The summed E-state index contributed by atoms with van der Waals surface area (Å²) in [6.07, 6.45) is -0.857. The Morgan fingerprint density at radius 3 is 2.42 bits per heavy atom. The minimum atomic E-state index is -0.857. The van der Waals surface area contributed by atoms with Crippen molar-refractivity contribution in [2.75, 3.05) is 6.79 Å². The summed E-state index contributed by atoms with van der Waals surface area (Å²) in [5, 5.41) is 10.3. The molecule has 1 N–H and O–H groups in total. The third-order valence-corrected chi connectivity index (χ3v) is 3.66. The van der Waals surface area contributed by atoms with Crippen molar-refractivity contribution < 1.29 is 19.0 Å². The highest BCUT2D eigenvalue weighted by Crippen LogP contribution is 2.40. The lowest BCUT2D eigenvalue weighted by Gasteiger charge is -2.14. The molecule has 0 amide bonds. The summed E-state index contributed by atoms with van der Waals surface area (Å²) in [5.41, 5.74) is 1.26. The number of halogens is 2. The normalized spacial score (nSPS) is 14.5. The van der Waals surface area contributed by atoms with Gasteiger partial charge in [0.2, 0.25) is 6.79 Å². The van der Waals surface area contributed by atoms with Gasteiger partial charge in [0.05, 0.1) is 0 Å². The molecule has 0 bridgehead atoms. The number of aliphatic hydroxyl groups excluding tert-OH is 1. The Bertz CT molecular complexity index is 613. The molecule has 3 nitrogen and oxygen atoms in total. The molecule has 0 spiro atoms. The number of fused-ring (bicyclic) bond motifs is 1. The van der Waals surface area contributed by atoms with Gasteiger partial charge in [0.15, 0.2) is 11.5 Å². The maximum absolute atomic E-state index is 12.9. The van der Waals surface area contributed by atoms with Gasteiger partial charge in [0, 0.05) is 10.0 Å². The van der Waals surface area contributed by atoms with E-state index in [4.69, 9.17) is 9.47 Å². The molecular weight excluding hydrogens is 315 g/mol. The first-order valence-electron chi connectivity index (χ1n) is 5.68. The Morgan fingerprint density at radius 1 is 1.11 bits per heavy atom. The third kappa shape index (κ3) is 2.31. The van der Waals surface area contributed by atoms with Crippen LogP contribution < -0.4 is 9.47 Å². The van der Waals surface area contributed by atoms with E-state index in [-0.39, 0.29) is 12.6 Å². The molecule has 2 aromatic rings. The van der Waals surface area contributed by atoms with Crippen molar-refractivity contribution in [2.24, 2.45) is 0 Å². The number of hydrogen-bond acceptors (Lipinski definition) is 3. The van der Waals surface area contributed by atoms with Crippen molar-refractivity contribution in [1.82, 2.24) is 0 Å². The Morgan fingerprint density at radius 2 is 1.74 bits per heavy atom.